The zero-order chi connectivity index (χ0) is 7.02. The molecule has 0 bridgehead atoms. The van der Waals surface area contributed by atoms with Crippen LogP contribution in [0.25, 0.3) is 0 Å². The van der Waals surface area contributed by atoms with Crippen LogP contribution in [-0.2, 0) is 4.79 Å². The molecule has 1 rings (SSSR count). The van der Waals surface area contributed by atoms with Gasteiger partial charge < -0.3 is 10.8 Å². The number of carbonyl (C=O) groups is 1. The molecule has 0 heterocycles. The van der Waals surface area contributed by atoms with Crippen LogP contribution in [0.3, 0.4) is 0 Å². The summed E-state index contributed by atoms with van der Waals surface area (Å²) in [6.45, 7) is 3.55. The van der Waals surface area contributed by atoms with Gasteiger partial charge >= 0.3 is 5.97 Å². The Balaban J connectivity index is 0.000000810. The van der Waals surface area contributed by atoms with Crippen LogP contribution in [0.1, 0.15) is 6.42 Å². The smallest absolute Gasteiger partial charge is 0.312 e. The molecule has 0 spiro atoms. The van der Waals surface area contributed by atoms with Crippen molar-refractivity contribution >= 4 is 18.4 Å². The van der Waals surface area contributed by atoms with Gasteiger partial charge in [-0.05, 0) is 6.42 Å². The predicted octanol–water partition coefficient (Wildman–Crippen LogP) is 0.396. The normalized spacial score (nSPS) is 30.3. The van der Waals surface area contributed by atoms with Crippen molar-refractivity contribution in [2.24, 2.45) is 11.7 Å². The third kappa shape index (κ3) is 1.30. The minimum absolute atomic E-state index is 0. The molecular weight excluding hydrogens is 154 g/mol. The van der Waals surface area contributed by atoms with E-state index in [4.69, 9.17) is 10.8 Å². The Morgan fingerprint density at radius 3 is 2.40 bits per heavy atom. The van der Waals surface area contributed by atoms with Crippen molar-refractivity contribution in [1.29, 1.82) is 0 Å². The van der Waals surface area contributed by atoms with Gasteiger partial charge in [0.05, 0.1) is 5.92 Å². The monoisotopic (exact) mass is 163 g/mol. The number of aliphatic carboxylic acids is 1. The van der Waals surface area contributed by atoms with Gasteiger partial charge in [-0.2, -0.15) is 0 Å². The molecule has 1 saturated carbocycles. The summed E-state index contributed by atoms with van der Waals surface area (Å²) in [4.78, 5) is 10.3. The molecule has 3 nitrogen and oxygen atoms in total. The predicted molar refractivity (Wildman–Crippen MR) is 40.1 cm³/mol. The summed E-state index contributed by atoms with van der Waals surface area (Å²) < 4.78 is 0. The molecule has 0 aliphatic heterocycles. The molecule has 10 heavy (non-hydrogen) atoms. The maximum atomic E-state index is 10.3. The second kappa shape index (κ2) is 3.03. The van der Waals surface area contributed by atoms with Crippen molar-refractivity contribution in [1.82, 2.24) is 0 Å². The van der Waals surface area contributed by atoms with Crippen LogP contribution in [0.4, 0.5) is 0 Å². The summed E-state index contributed by atoms with van der Waals surface area (Å²) in [5.74, 6) is -1.33. The fourth-order valence-electron chi connectivity index (χ4n) is 1.05. The van der Waals surface area contributed by atoms with E-state index in [0.29, 0.717) is 6.42 Å². The molecule has 1 fully saturated rings. The van der Waals surface area contributed by atoms with Crippen LogP contribution in [0.15, 0.2) is 12.2 Å². The molecule has 0 unspecified atom stereocenters. The maximum Gasteiger partial charge on any atom is 0.312 e. The Morgan fingerprint density at radius 2 is 2.30 bits per heavy atom. The molecule has 3 N–H and O–H groups in total. The summed E-state index contributed by atoms with van der Waals surface area (Å²) >= 11 is 0. The summed E-state index contributed by atoms with van der Waals surface area (Å²) in [6.07, 6.45) is 0.664. The molecule has 1 aliphatic carbocycles. The Labute approximate surface area is 65.3 Å². The summed E-state index contributed by atoms with van der Waals surface area (Å²) in [6, 6.07) is -0.199. The summed E-state index contributed by atoms with van der Waals surface area (Å²) in [7, 11) is 0. The average molecular weight is 164 g/mol. The van der Waals surface area contributed by atoms with E-state index < -0.39 is 11.9 Å². The number of nitrogens with two attached hydrogens (primary N) is 1. The van der Waals surface area contributed by atoms with Crippen LogP contribution >= 0.6 is 12.4 Å². The first-order valence-corrected chi connectivity index (χ1v) is 2.79. The highest BCUT2D eigenvalue weighted by Crippen LogP contribution is 2.30. The largest absolute Gasteiger partial charge is 0.481 e. The van der Waals surface area contributed by atoms with Crippen LogP contribution in [-0.4, -0.2) is 17.1 Å². The minimum Gasteiger partial charge on any atom is -0.481 e. The lowest BCUT2D eigenvalue weighted by Crippen LogP contribution is -2.45. The van der Waals surface area contributed by atoms with Crippen LogP contribution in [0.5, 0.6) is 0 Å². The molecule has 58 valence electrons. The van der Waals surface area contributed by atoms with E-state index in [1.165, 1.54) is 0 Å². The zero-order valence-electron chi connectivity index (χ0n) is 5.41. The second-order valence-corrected chi connectivity index (χ2v) is 2.34. The first kappa shape index (κ1) is 9.46. The topological polar surface area (TPSA) is 63.3 Å². The van der Waals surface area contributed by atoms with E-state index in [1.807, 2.05) is 0 Å². The third-order valence-corrected chi connectivity index (χ3v) is 1.63. The highest BCUT2D eigenvalue weighted by Gasteiger charge is 2.37. The zero-order valence-corrected chi connectivity index (χ0v) is 6.23. The lowest BCUT2D eigenvalue weighted by Gasteiger charge is -2.32. The lowest BCUT2D eigenvalue weighted by molar-refractivity contribution is -0.142. The van der Waals surface area contributed by atoms with Crippen molar-refractivity contribution in [2.75, 3.05) is 0 Å². The van der Waals surface area contributed by atoms with E-state index in [0.717, 1.165) is 5.57 Å². The van der Waals surface area contributed by atoms with Crippen molar-refractivity contribution in [2.45, 2.75) is 12.5 Å². The molecule has 0 radical (unpaired) electrons. The van der Waals surface area contributed by atoms with Crippen LogP contribution in [0, 0.1) is 5.92 Å². The number of hydrogen-bond acceptors (Lipinski definition) is 2. The van der Waals surface area contributed by atoms with Crippen LogP contribution in [0.2, 0.25) is 0 Å². The fourth-order valence-corrected chi connectivity index (χ4v) is 1.05. The Bertz CT molecular complexity index is 161. The Morgan fingerprint density at radius 1 is 1.80 bits per heavy atom. The van der Waals surface area contributed by atoms with Gasteiger partial charge in [-0.3, -0.25) is 4.79 Å². The molecule has 0 aromatic heterocycles. The van der Waals surface area contributed by atoms with Gasteiger partial charge in [0.1, 0.15) is 0 Å². The quantitative estimate of drug-likeness (QED) is 0.550. The number of halogens is 1. The molecule has 2 atom stereocenters. The van der Waals surface area contributed by atoms with E-state index in [9.17, 15) is 4.79 Å². The van der Waals surface area contributed by atoms with Crippen molar-refractivity contribution in [3.8, 4) is 0 Å². The third-order valence-electron chi connectivity index (χ3n) is 1.63. The molecule has 1 aliphatic rings. The van der Waals surface area contributed by atoms with Gasteiger partial charge in [0.25, 0.3) is 0 Å². The van der Waals surface area contributed by atoms with Crippen molar-refractivity contribution in [3.63, 3.8) is 0 Å². The number of rotatable bonds is 1. The Hall–Kier alpha value is -0.540. The van der Waals surface area contributed by atoms with E-state index in [-0.39, 0.29) is 18.4 Å². The number of hydrogen-bond donors (Lipinski definition) is 2. The summed E-state index contributed by atoms with van der Waals surface area (Å²) in [5, 5.41) is 8.43. The highest BCUT2D eigenvalue weighted by atomic mass is 35.5. The molecule has 0 saturated heterocycles. The molecule has 0 amide bonds. The number of carboxylic acid groups (broad SMARTS) is 1. The molecular formula is C6H10ClNO2. The van der Waals surface area contributed by atoms with Crippen molar-refractivity contribution in [3.05, 3.63) is 12.2 Å². The van der Waals surface area contributed by atoms with Gasteiger partial charge in [-0.1, -0.05) is 12.2 Å². The minimum atomic E-state index is -0.848. The van der Waals surface area contributed by atoms with Gasteiger partial charge in [-0.15, -0.1) is 12.4 Å². The highest BCUT2D eigenvalue weighted by molar-refractivity contribution is 5.85. The Kier molecular flexibility index (Phi) is 2.87. The maximum absolute atomic E-state index is 10.3. The van der Waals surface area contributed by atoms with E-state index in [1.54, 1.807) is 0 Å². The van der Waals surface area contributed by atoms with Crippen molar-refractivity contribution < 1.29 is 9.90 Å². The van der Waals surface area contributed by atoms with Crippen LogP contribution < -0.4 is 5.73 Å². The first-order valence-electron chi connectivity index (χ1n) is 2.79. The van der Waals surface area contributed by atoms with E-state index in [2.05, 4.69) is 6.58 Å². The second-order valence-electron chi connectivity index (χ2n) is 2.34. The van der Waals surface area contributed by atoms with Gasteiger partial charge in [0.2, 0.25) is 0 Å². The lowest BCUT2D eigenvalue weighted by atomic mass is 9.76. The first-order chi connectivity index (χ1) is 4.13. The fraction of sp³-hybridized carbons (Fsp3) is 0.500. The van der Waals surface area contributed by atoms with E-state index >= 15 is 0 Å². The SMILES string of the molecule is C=C1C[C@H](N)[C@@H]1C(=O)O.Cl. The van der Waals surface area contributed by atoms with Gasteiger partial charge in [0, 0.05) is 6.04 Å². The molecule has 4 heteroatoms. The molecule has 0 aromatic rings. The average Bonchev–Trinajstić information content (AvgIpc) is 1.62. The summed E-state index contributed by atoms with van der Waals surface area (Å²) in [5.41, 5.74) is 6.12. The van der Waals surface area contributed by atoms with Gasteiger partial charge in [0.15, 0.2) is 0 Å². The van der Waals surface area contributed by atoms with Gasteiger partial charge in [-0.25, -0.2) is 0 Å². The number of carboxylic acids is 1. The standard InChI is InChI=1S/C6H9NO2.ClH/c1-3-2-4(7)5(3)6(8)9;/h4-5H,1-2,7H2,(H,8,9);1H/t4-,5+;/m0./s1. The molecule has 0 aromatic carbocycles.